The molecule has 0 saturated heterocycles. The molecule has 21 heavy (non-hydrogen) atoms. The van der Waals surface area contributed by atoms with Crippen molar-refractivity contribution in [2.75, 3.05) is 0 Å². The topological polar surface area (TPSA) is 30.7 Å². The summed E-state index contributed by atoms with van der Waals surface area (Å²) in [5.74, 6) is -0.0205. The number of nitrogens with zero attached hydrogens (tertiary/aromatic N) is 3. The summed E-state index contributed by atoms with van der Waals surface area (Å²) in [5, 5.41) is 8.22. The van der Waals surface area contributed by atoms with E-state index in [1.807, 2.05) is 36.4 Å². The fraction of sp³-hybridized carbons (Fsp3) is 0.125. The summed E-state index contributed by atoms with van der Waals surface area (Å²) in [7, 11) is 0. The molecule has 0 saturated carbocycles. The van der Waals surface area contributed by atoms with Gasteiger partial charge >= 0.3 is 0 Å². The van der Waals surface area contributed by atoms with Crippen LogP contribution in [-0.2, 0) is 5.88 Å². The fourth-order valence-electron chi connectivity index (χ4n) is 2.18. The van der Waals surface area contributed by atoms with Gasteiger partial charge < -0.3 is 0 Å². The third-order valence-corrected chi connectivity index (χ3v) is 3.57. The first-order valence-electron chi connectivity index (χ1n) is 6.53. The summed E-state index contributed by atoms with van der Waals surface area (Å²) in [6.45, 7) is 1.72. The van der Waals surface area contributed by atoms with Crippen LogP contribution in [0, 0.1) is 12.7 Å². The van der Waals surface area contributed by atoms with Gasteiger partial charge in [-0.25, -0.2) is 9.07 Å². The van der Waals surface area contributed by atoms with E-state index in [-0.39, 0.29) is 11.7 Å². The molecule has 0 aliphatic rings. The van der Waals surface area contributed by atoms with Crippen molar-refractivity contribution in [3.63, 3.8) is 0 Å². The molecule has 2 aromatic carbocycles. The van der Waals surface area contributed by atoms with Gasteiger partial charge in [0.1, 0.15) is 11.5 Å². The van der Waals surface area contributed by atoms with Crippen molar-refractivity contribution in [1.82, 2.24) is 15.0 Å². The van der Waals surface area contributed by atoms with E-state index in [9.17, 15) is 4.39 Å². The lowest BCUT2D eigenvalue weighted by Gasteiger charge is -2.08. The number of alkyl halides is 1. The number of aryl methyl sites for hydroxylation is 1. The zero-order valence-corrected chi connectivity index (χ0v) is 12.2. The molecular weight excluding hydrogens is 289 g/mol. The normalized spacial score (nSPS) is 10.8. The molecule has 0 aliphatic carbocycles. The molecule has 3 rings (SSSR count). The predicted molar refractivity (Wildman–Crippen MR) is 81.0 cm³/mol. The van der Waals surface area contributed by atoms with E-state index in [2.05, 4.69) is 10.3 Å². The molecule has 0 aliphatic heterocycles. The standard InChI is InChI=1S/C16H13ClFN3/c1-11-7-8-13(9-14(11)18)21-16(15(10-17)19-20-21)12-5-3-2-4-6-12/h2-9H,10H2,1H3. The lowest BCUT2D eigenvalue weighted by atomic mass is 10.1. The number of halogens is 2. The van der Waals surface area contributed by atoms with Crippen molar-refractivity contribution < 1.29 is 4.39 Å². The minimum Gasteiger partial charge on any atom is -0.212 e. The van der Waals surface area contributed by atoms with Gasteiger partial charge in [-0.2, -0.15) is 0 Å². The zero-order chi connectivity index (χ0) is 14.8. The number of hydrogen-bond donors (Lipinski definition) is 0. The van der Waals surface area contributed by atoms with Gasteiger partial charge in [-0.1, -0.05) is 41.6 Å². The number of hydrogen-bond acceptors (Lipinski definition) is 2. The molecule has 0 radical (unpaired) electrons. The van der Waals surface area contributed by atoms with Crippen molar-refractivity contribution >= 4 is 11.6 Å². The highest BCUT2D eigenvalue weighted by Crippen LogP contribution is 2.26. The average molecular weight is 302 g/mol. The van der Waals surface area contributed by atoms with Crippen molar-refractivity contribution in [2.45, 2.75) is 12.8 Å². The van der Waals surface area contributed by atoms with Gasteiger partial charge in [0, 0.05) is 5.56 Å². The molecular formula is C16H13ClFN3. The third kappa shape index (κ3) is 2.54. The highest BCUT2D eigenvalue weighted by molar-refractivity contribution is 6.17. The Morgan fingerprint density at radius 1 is 1.14 bits per heavy atom. The van der Waals surface area contributed by atoms with Crippen LogP contribution in [0.2, 0.25) is 0 Å². The van der Waals surface area contributed by atoms with Crippen LogP contribution in [-0.4, -0.2) is 15.0 Å². The Morgan fingerprint density at radius 2 is 1.90 bits per heavy atom. The van der Waals surface area contributed by atoms with Crippen molar-refractivity contribution in [1.29, 1.82) is 0 Å². The van der Waals surface area contributed by atoms with Gasteiger partial charge in [0.2, 0.25) is 0 Å². The Balaban J connectivity index is 2.20. The monoisotopic (exact) mass is 301 g/mol. The number of benzene rings is 2. The smallest absolute Gasteiger partial charge is 0.128 e. The molecule has 5 heteroatoms. The van der Waals surface area contributed by atoms with E-state index in [1.54, 1.807) is 17.7 Å². The first-order chi connectivity index (χ1) is 10.2. The first kappa shape index (κ1) is 13.8. The molecule has 0 atom stereocenters. The highest BCUT2D eigenvalue weighted by atomic mass is 35.5. The maximum atomic E-state index is 13.8. The molecule has 3 aromatic rings. The Hall–Kier alpha value is -2.20. The van der Waals surface area contributed by atoms with E-state index >= 15 is 0 Å². The quantitative estimate of drug-likeness (QED) is 0.681. The SMILES string of the molecule is Cc1ccc(-n2nnc(CCl)c2-c2ccccc2)cc1F. The molecule has 3 nitrogen and oxygen atoms in total. The van der Waals surface area contributed by atoms with Gasteiger partial charge in [-0.15, -0.1) is 16.7 Å². The maximum absolute atomic E-state index is 13.8. The summed E-state index contributed by atoms with van der Waals surface area (Å²) in [5.41, 5.74) is 3.62. The lowest BCUT2D eigenvalue weighted by Crippen LogP contribution is -2.01. The summed E-state index contributed by atoms with van der Waals surface area (Å²) in [6, 6.07) is 14.7. The van der Waals surface area contributed by atoms with E-state index in [1.165, 1.54) is 6.07 Å². The largest absolute Gasteiger partial charge is 0.212 e. The lowest BCUT2D eigenvalue weighted by molar-refractivity contribution is 0.615. The minimum atomic E-state index is -0.269. The molecule has 0 N–H and O–H groups in total. The Kier molecular flexibility index (Phi) is 3.71. The van der Waals surface area contributed by atoms with Gasteiger partial charge in [-0.3, -0.25) is 0 Å². The molecule has 0 amide bonds. The van der Waals surface area contributed by atoms with Gasteiger partial charge in [0.05, 0.1) is 17.3 Å². The van der Waals surface area contributed by atoms with Crippen LogP contribution in [0.3, 0.4) is 0 Å². The minimum absolute atomic E-state index is 0.249. The van der Waals surface area contributed by atoms with Crippen LogP contribution in [0.25, 0.3) is 16.9 Å². The third-order valence-electron chi connectivity index (χ3n) is 3.31. The first-order valence-corrected chi connectivity index (χ1v) is 7.06. The van der Waals surface area contributed by atoms with Crippen molar-refractivity contribution in [3.05, 3.63) is 65.6 Å². The predicted octanol–water partition coefficient (Wildman–Crippen LogP) is 4.12. The highest BCUT2D eigenvalue weighted by Gasteiger charge is 2.16. The van der Waals surface area contributed by atoms with Crippen LogP contribution >= 0.6 is 11.6 Å². The second-order valence-electron chi connectivity index (χ2n) is 4.73. The van der Waals surface area contributed by atoms with Gasteiger partial charge in [0.15, 0.2) is 0 Å². The number of rotatable bonds is 3. The summed E-state index contributed by atoms with van der Waals surface area (Å²) < 4.78 is 15.4. The molecule has 0 unspecified atom stereocenters. The Labute approximate surface area is 127 Å². The van der Waals surface area contributed by atoms with Crippen LogP contribution in [0.4, 0.5) is 4.39 Å². The maximum Gasteiger partial charge on any atom is 0.128 e. The fourth-order valence-corrected chi connectivity index (χ4v) is 2.36. The van der Waals surface area contributed by atoms with E-state index in [4.69, 9.17) is 11.6 Å². The molecule has 106 valence electrons. The van der Waals surface area contributed by atoms with Crippen LogP contribution in [0.1, 0.15) is 11.3 Å². The van der Waals surface area contributed by atoms with Crippen LogP contribution in [0.5, 0.6) is 0 Å². The second-order valence-corrected chi connectivity index (χ2v) is 5.00. The van der Waals surface area contributed by atoms with Crippen LogP contribution < -0.4 is 0 Å². The summed E-state index contributed by atoms with van der Waals surface area (Å²) in [6.07, 6.45) is 0. The summed E-state index contributed by atoms with van der Waals surface area (Å²) in [4.78, 5) is 0. The molecule has 1 heterocycles. The number of aromatic nitrogens is 3. The molecule has 0 bridgehead atoms. The average Bonchev–Trinajstić information content (AvgIpc) is 2.95. The van der Waals surface area contributed by atoms with Gasteiger partial charge in [-0.05, 0) is 24.6 Å². The zero-order valence-electron chi connectivity index (χ0n) is 11.4. The molecule has 1 aromatic heterocycles. The van der Waals surface area contributed by atoms with Crippen LogP contribution in [0.15, 0.2) is 48.5 Å². The van der Waals surface area contributed by atoms with E-state index < -0.39 is 0 Å². The molecule has 0 fully saturated rings. The van der Waals surface area contributed by atoms with E-state index in [0.717, 1.165) is 11.3 Å². The summed E-state index contributed by atoms with van der Waals surface area (Å²) >= 11 is 5.95. The van der Waals surface area contributed by atoms with Crippen molar-refractivity contribution in [2.24, 2.45) is 0 Å². The Morgan fingerprint density at radius 3 is 2.57 bits per heavy atom. The Bertz CT molecular complexity index is 768. The van der Waals surface area contributed by atoms with E-state index in [0.29, 0.717) is 16.9 Å². The molecule has 0 spiro atoms. The van der Waals surface area contributed by atoms with Gasteiger partial charge in [0.25, 0.3) is 0 Å². The second kappa shape index (κ2) is 5.66. The van der Waals surface area contributed by atoms with Crippen molar-refractivity contribution in [3.8, 4) is 16.9 Å².